The third kappa shape index (κ3) is 3.19. The number of aromatic nitrogens is 1. The van der Waals surface area contributed by atoms with Crippen LogP contribution in [0.4, 0.5) is 5.13 Å². The molecule has 1 aromatic heterocycles. The van der Waals surface area contributed by atoms with Crippen molar-refractivity contribution in [1.29, 1.82) is 0 Å². The molecule has 26 heavy (non-hydrogen) atoms. The maximum atomic E-state index is 12.6. The molecule has 0 aromatic carbocycles. The number of hydrogen-bond acceptors (Lipinski definition) is 9. The number of anilines is 1. The van der Waals surface area contributed by atoms with Crippen LogP contribution in [0.2, 0.25) is 0 Å². The Kier molecular flexibility index (Phi) is 5.25. The fourth-order valence-corrected chi connectivity index (χ4v) is 4.82. The number of thiol groups is 1. The number of carbonyl (C=O) groups excluding carboxylic acids is 3. The van der Waals surface area contributed by atoms with Crippen LogP contribution in [0, 0.1) is 0 Å². The predicted molar refractivity (Wildman–Crippen MR) is 102 cm³/mol. The van der Waals surface area contributed by atoms with Crippen LogP contribution < -0.4 is 11.1 Å². The van der Waals surface area contributed by atoms with Crippen molar-refractivity contribution < 1.29 is 19.2 Å². The molecular weight excluding hydrogens is 398 g/mol. The molecule has 1 aromatic rings. The Hall–Kier alpha value is -2.05. The Labute approximate surface area is 162 Å². The van der Waals surface area contributed by atoms with E-state index in [1.165, 1.54) is 23.8 Å². The zero-order chi connectivity index (χ0) is 19.0. The lowest BCUT2D eigenvalue weighted by atomic mass is 10.0. The smallest absolute Gasteiger partial charge is 0.276 e. The number of β-lactam (4-membered cyclic amide) rings is 1. The van der Waals surface area contributed by atoms with Crippen molar-refractivity contribution in [2.75, 3.05) is 18.6 Å². The normalized spacial score (nSPS) is 22.7. The Balaban J connectivity index is 1.78. The molecule has 0 radical (unpaired) electrons. The molecule has 1 saturated heterocycles. The SMILES string of the molecule is CON=C(C(=O)NC1C(=O)N2C(C(=O)S)=C(C)CS[C@H]12)c1csc(N)n1. The van der Waals surface area contributed by atoms with E-state index < -0.39 is 17.1 Å². The fourth-order valence-electron chi connectivity index (χ4n) is 2.68. The number of nitrogens with one attached hydrogen (secondary N) is 1. The van der Waals surface area contributed by atoms with Crippen molar-refractivity contribution in [2.24, 2.45) is 5.16 Å². The minimum Gasteiger partial charge on any atom is -0.398 e. The van der Waals surface area contributed by atoms with Crippen molar-refractivity contribution in [2.45, 2.75) is 18.3 Å². The molecule has 3 heterocycles. The van der Waals surface area contributed by atoms with Gasteiger partial charge >= 0.3 is 0 Å². The maximum absolute atomic E-state index is 12.6. The van der Waals surface area contributed by atoms with Crippen molar-refractivity contribution in [3.8, 4) is 0 Å². The lowest BCUT2D eigenvalue weighted by Crippen LogP contribution is -2.70. The van der Waals surface area contributed by atoms with Crippen molar-refractivity contribution >= 4 is 63.5 Å². The van der Waals surface area contributed by atoms with E-state index in [0.717, 1.165) is 16.9 Å². The molecule has 0 bridgehead atoms. The Morgan fingerprint density at radius 2 is 2.27 bits per heavy atom. The first-order chi connectivity index (χ1) is 12.3. The van der Waals surface area contributed by atoms with E-state index in [9.17, 15) is 14.4 Å². The van der Waals surface area contributed by atoms with Gasteiger partial charge in [0, 0.05) is 11.1 Å². The lowest BCUT2D eigenvalue weighted by Gasteiger charge is -2.49. The van der Waals surface area contributed by atoms with Gasteiger partial charge in [-0.05, 0) is 12.5 Å². The number of thioether (sulfide) groups is 1. The zero-order valence-electron chi connectivity index (χ0n) is 13.8. The number of nitrogen functional groups attached to an aromatic ring is 1. The predicted octanol–water partition coefficient (Wildman–Crippen LogP) is 0.206. The Morgan fingerprint density at radius 3 is 2.85 bits per heavy atom. The highest BCUT2D eigenvalue weighted by molar-refractivity contribution is 8.00. The molecule has 1 fully saturated rings. The zero-order valence-corrected chi connectivity index (χ0v) is 16.3. The summed E-state index contributed by atoms with van der Waals surface area (Å²) in [5.74, 6) is -0.410. The van der Waals surface area contributed by atoms with Gasteiger partial charge in [0.15, 0.2) is 10.8 Å². The maximum Gasteiger partial charge on any atom is 0.276 e. The minimum absolute atomic E-state index is 0.0790. The van der Waals surface area contributed by atoms with E-state index in [2.05, 4.69) is 28.1 Å². The highest BCUT2D eigenvalue weighted by atomic mass is 32.2. The highest BCUT2D eigenvalue weighted by Crippen LogP contribution is 2.40. The Morgan fingerprint density at radius 1 is 1.54 bits per heavy atom. The first-order valence-corrected chi connectivity index (χ1v) is 9.73. The summed E-state index contributed by atoms with van der Waals surface area (Å²) >= 11 is 6.46. The minimum atomic E-state index is -0.777. The number of oxime groups is 1. The van der Waals surface area contributed by atoms with Gasteiger partial charge < -0.3 is 15.9 Å². The van der Waals surface area contributed by atoms with Gasteiger partial charge in [-0.3, -0.25) is 19.3 Å². The van der Waals surface area contributed by atoms with E-state index in [1.54, 1.807) is 12.3 Å². The summed E-state index contributed by atoms with van der Waals surface area (Å²) < 4.78 is 0. The van der Waals surface area contributed by atoms with E-state index in [4.69, 9.17) is 10.6 Å². The monoisotopic (exact) mass is 413 g/mol. The molecule has 138 valence electrons. The van der Waals surface area contributed by atoms with Crippen LogP contribution in [-0.4, -0.2) is 56.8 Å². The fraction of sp³-hybridized carbons (Fsp3) is 0.357. The third-order valence-corrected chi connectivity index (χ3v) is 6.12. The topological polar surface area (TPSA) is 127 Å². The first-order valence-electron chi connectivity index (χ1n) is 7.36. The summed E-state index contributed by atoms with van der Waals surface area (Å²) in [6.07, 6.45) is 0. The average Bonchev–Trinajstić information content (AvgIpc) is 3.02. The van der Waals surface area contributed by atoms with Crippen LogP contribution in [-0.2, 0) is 19.2 Å². The molecule has 0 saturated carbocycles. The van der Waals surface area contributed by atoms with Gasteiger partial charge in [0.25, 0.3) is 11.8 Å². The molecule has 0 aliphatic carbocycles. The number of nitrogens with two attached hydrogens (primary N) is 1. The van der Waals surface area contributed by atoms with Crippen molar-refractivity contribution in [3.05, 3.63) is 22.3 Å². The summed E-state index contributed by atoms with van der Waals surface area (Å²) in [7, 11) is 1.30. The molecule has 2 amide bonds. The second kappa shape index (κ2) is 7.29. The molecule has 0 spiro atoms. The molecule has 9 nitrogen and oxygen atoms in total. The van der Waals surface area contributed by atoms with Gasteiger partial charge in [-0.2, -0.15) is 0 Å². The molecule has 2 atom stereocenters. The van der Waals surface area contributed by atoms with E-state index >= 15 is 0 Å². The molecule has 2 aliphatic heterocycles. The van der Waals surface area contributed by atoms with Crippen molar-refractivity contribution in [3.63, 3.8) is 0 Å². The summed E-state index contributed by atoms with van der Waals surface area (Å²) in [5.41, 5.74) is 6.83. The number of nitrogens with zero attached hydrogens (tertiary/aromatic N) is 3. The molecule has 1 unspecified atom stereocenters. The van der Waals surface area contributed by atoms with Gasteiger partial charge in [-0.25, -0.2) is 4.98 Å². The standard InChI is InChI=1S/C14H15N5O4S3/c1-5-3-25-12-8(11(21)19(12)9(5)13(22)24)17-10(20)7(18-23-2)6-4-26-14(15)16-6/h4,8,12H,3H2,1-2H3,(H2,15,16)(H,17,20)(H,22,24)/t8?,12-/m1/s1. The van der Waals surface area contributed by atoms with Gasteiger partial charge in [-0.1, -0.05) is 17.8 Å². The van der Waals surface area contributed by atoms with Crippen LogP contribution >= 0.6 is 35.7 Å². The van der Waals surface area contributed by atoms with Crippen LogP contribution in [0.15, 0.2) is 21.8 Å². The molecule has 2 aliphatic rings. The van der Waals surface area contributed by atoms with Gasteiger partial charge in [-0.15, -0.1) is 23.1 Å². The Bertz CT molecular complexity index is 849. The number of rotatable bonds is 5. The van der Waals surface area contributed by atoms with Gasteiger partial charge in [0.05, 0.1) is 5.70 Å². The highest BCUT2D eigenvalue weighted by Gasteiger charge is 2.53. The summed E-state index contributed by atoms with van der Waals surface area (Å²) in [4.78, 5) is 46.9. The molecule has 3 rings (SSSR count). The van der Waals surface area contributed by atoms with Crippen molar-refractivity contribution in [1.82, 2.24) is 15.2 Å². The largest absolute Gasteiger partial charge is 0.398 e. The van der Waals surface area contributed by atoms with Gasteiger partial charge in [0.1, 0.15) is 24.2 Å². The van der Waals surface area contributed by atoms with Gasteiger partial charge in [0.2, 0.25) is 5.12 Å². The van der Waals surface area contributed by atoms with Crippen LogP contribution in [0.1, 0.15) is 12.6 Å². The van der Waals surface area contributed by atoms with E-state index in [0.29, 0.717) is 5.75 Å². The molecular formula is C14H15N5O4S3. The lowest BCUT2D eigenvalue weighted by molar-refractivity contribution is -0.146. The van der Waals surface area contributed by atoms with E-state index in [1.807, 2.05) is 0 Å². The summed E-state index contributed by atoms with van der Waals surface area (Å²) in [6, 6.07) is -0.777. The number of fused-ring (bicyclic) bond motifs is 1. The van der Waals surface area contributed by atoms with Crippen LogP contribution in [0.25, 0.3) is 0 Å². The molecule has 12 heteroatoms. The third-order valence-electron chi connectivity index (χ3n) is 3.81. The average molecular weight is 414 g/mol. The summed E-state index contributed by atoms with van der Waals surface area (Å²) in [5, 5.41) is 7.34. The quantitative estimate of drug-likeness (QED) is 0.272. The first kappa shape index (κ1) is 18.7. The second-order valence-corrected chi connectivity index (χ2v) is 7.89. The molecule has 3 N–H and O–H groups in total. The number of thiazole rings is 1. The van der Waals surface area contributed by atoms with E-state index in [-0.39, 0.29) is 33.5 Å². The van der Waals surface area contributed by atoms with Crippen LogP contribution in [0.3, 0.4) is 0 Å². The number of hydrogen-bond donors (Lipinski definition) is 3. The second-order valence-electron chi connectivity index (χ2n) is 5.49. The van der Waals surface area contributed by atoms with Crippen LogP contribution in [0.5, 0.6) is 0 Å². The number of carbonyl (C=O) groups is 3. The summed E-state index contributed by atoms with van der Waals surface area (Å²) in [6.45, 7) is 1.78. The number of amides is 2.